The molecule has 0 aromatic carbocycles. The fourth-order valence-corrected chi connectivity index (χ4v) is 1.47. The van der Waals surface area contributed by atoms with Crippen molar-refractivity contribution in [1.29, 1.82) is 0 Å². The zero-order valence-electron chi connectivity index (χ0n) is 11.5. The van der Waals surface area contributed by atoms with Gasteiger partial charge in [0.15, 0.2) is 0 Å². The van der Waals surface area contributed by atoms with Crippen molar-refractivity contribution in [3.05, 3.63) is 0 Å². The number of aliphatic carboxylic acids is 2. The average molecular weight is 276 g/mol. The molecule has 0 aliphatic carbocycles. The normalized spacial score (nSPS) is 11.3. The molecule has 0 aliphatic rings. The van der Waals surface area contributed by atoms with Gasteiger partial charge in [-0.1, -0.05) is 6.42 Å². The topological polar surface area (TPSA) is 110 Å². The minimum atomic E-state index is -1.29. The van der Waals surface area contributed by atoms with Crippen molar-refractivity contribution >= 4 is 11.9 Å². The molecule has 6 nitrogen and oxygen atoms in total. The van der Waals surface area contributed by atoms with Crippen LogP contribution in [0.15, 0.2) is 0 Å². The zero-order chi connectivity index (χ0) is 12.6. The van der Waals surface area contributed by atoms with Crippen LogP contribution in [0.4, 0.5) is 0 Å². The Bertz CT molecular complexity index is 226. The first-order chi connectivity index (χ1) is 7.47. The molecule has 94 valence electrons. The monoisotopic (exact) mass is 276 g/mol. The van der Waals surface area contributed by atoms with Crippen LogP contribution in [-0.2, 0) is 9.59 Å². The zero-order valence-corrected chi connectivity index (χ0v) is 15.5. The number of hydrogen-bond acceptors (Lipinski definition) is 6. The van der Waals surface area contributed by atoms with Gasteiger partial charge in [0.25, 0.3) is 0 Å². The first-order valence-electron chi connectivity index (χ1n) is 5.31. The van der Waals surface area contributed by atoms with Gasteiger partial charge in [-0.15, -0.1) is 0 Å². The second kappa shape index (κ2) is 14.3. The minimum Gasteiger partial charge on any atom is -0.549 e. The minimum absolute atomic E-state index is 0. The second-order valence-electron chi connectivity index (χ2n) is 3.78. The Labute approximate surface area is 152 Å². The van der Waals surface area contributed by atoms with Crippen molar-refractivity contribution in [3.8, 4) is 0 Å². The van der Waals surface area contributed by atoms with Crippen LogP contribution in [0.5, 0.6) is 0 Å². The Morgan fingerprint density at radius 3 is 1.89 bits per heavy atom. The predicted octanol–water partition coefficient (Wildman–Crippen LogP) is -8.69. The summed E-state index contributed by atoms with van der Waals surface area (Å²) in [6.45, 7) is 1.58. The number of hydrogen-bond donors (Lipinski definition) is 1. The molecular weight excluding hydrogens is 258 g/mol. The molecule has 0 radical (unpaired) electrons. The molecule has 0 spiro atoms. The number of unbranched alkanes of at least 4 members (excludes halogenated alkanes) is 1. The van der Waals surface area contributed by atoms with E-state index in [1.165, 1.54) is 4.90 Å². The van der Waals surface area contributed by atoms with E-state index in [1.54, 1.807) is 6.92 Å². The van der Waals surface area contributed by atoms with Gasteiger partial charge < -0.3 is 25.5 Å². The molecule has 0 bridgehead atoms. The Morgan fingerprint density at radius 1 is 1.11 bits per heavy atom. The molecule has 0 rings (SSSR count). The average Bonchev–Trinajstić information content (AvgIpc) is 2.15. The van der Waals surface area contributed by atoms with Gasteiger partial charge in [0.1, 0.15) is 0 Å². The van der Waals surface area contributed by atoms with Gasteiger partial charge >= 0.3 is 59.1 Å². The van der Waals surface area contributed by atoms with E-state index >= 15 is 0 Å². The van der Waals surface area contributed by atoms with Crippen LogP contribution in [0.3, 0.4) is 0 Å². The van der Waals surface area contributed by atoms with Gasteiger partial charge in [0, 0.05) is 19.1 Å². The van der Waals surface area contributed by atoms with Gasteiger partial charge in [-0.05, 0) is 26.3 Å². The van der Waals surface area contributed by atoms with E-state index in [0.717, 1.165) is 12.8 Å². The maximum atomic E-state index is 10.4. The van der Waals surface area contributed by atoms with Crippen LogP contribution < -0.4 is 75.1 Å². The van der Waals surface area contributed by atoms with E-state index in [9.17, 15) is 19.8 Å². The van der Waals surface area contributed by atoms with Crippen molar-refractivity contribution in [2.24, 2.45) is 5.73 Å². The third-order valence-corrected chi connectivity index (χ3v) is 2.36. The van der Waals surface area contributed by atoms with Crippen LogP contribution in [-0.4, -0.2) is 42.5 Å². The van der Waals surface area contributed by atoms with E-state index < -0.39 is 25.0 Å². The summed E-state index contributed by atoms with van der Waals surface area (Å²) in [7, 11) is 0. The van der Waals surface area contributed by atoms with Crippen molar-refractivity contribution in [2.45, 2.75) is 32.2 Å². The van der Waals surface area contributed by atoms with Crippen molar-refractivity contribution in [1.82, 2.24) is 4.90 Å². The molecule has 0 aromatic heterocycles. The predicted molar refractivity (Wildman–Crippen MR) is 54.0 cm³/mol. The fourth-order valence-electron chi connectivity index (χ4n) is 1.47. The molecule has 0 aliphatic heterocycles. The Morgan fingerprint density at radius 2 is 1.56 bits per heavy atom. The third-order valence-electron chi connectivity index (χ3n) is 2.36. The number of carboxylic acid groups (broad SMARTS) is 2. The fraction of sp³-hybridized carbons (Fsp3) is 0.800. The summed E-state index contributed by atoms with van der Waals surface area (Å²) >= 11 is 0. The van der Waals surface area contributed by atoms with Crippen LogP contribution in [0.2, 0.25) is 0 Å². The number of nitrogens with two attached hydrogens (primary N) is 1. The van der Waals surface area contributed by atoms with Gasteiger partial charge in [0.2, 0.25) is 0 Å². The van der Waals surface area contributed by atoms with Crippen LogP contribution in [0, 0.1) is 0 Å². The summed E-state index contributed by atoms with van der Waals surface area (Å²) in [6, 6.07) is -0.137. The quantitative estimate of drug-likeness (QED) is 0.331. The van der Waals surface area contributed by atoms with Gasteiger partial charge in [-0.2, -0.15) is 0 Å². The summed E-state index contributed by atoms with van der Waals surface area (Å²) in [4.78, 5) is 22.2. The van der Waals surface area contributed by atoms with E-state index in [2.05, 4.69) is 0 Å². The number of carbonyl (C=O) groups excluding carboxylic acids is 2. The van der Waals surface area contributed by atoms with Crippen LogP contribution in [0.1, 0.15) is 26.2 Å². The summed E-state index contributed by atoms with van der Waals surface area (Å²) < 4.78 is 0. The molecule has 2 N–H and O–H groups in total. The SMILES string of the molecule is CC(CCCCN)N(CC(=O)[O-])CC(=O)[O-].[Na+].[Na+]. The Hall–Kier alpha value is 0.860. The van der Waals surface area contributed by atoms with E-state index in [-0.39, 0.29) is 65.2 Å². The van der Waals surface area contributed by atoms with Crippen molar-refractivity contribution < 1.29 is 78.9 Å². The molecule has 1 unspecified atom stereocenters. The second-order valence-corrected chi connectivity index (χ2v) is 3.78. The molecular formula is C10H18N2Na2O4. The number of nitrogens with zero attached hydrogens (tertiary/aromatic N) is 1. The van der Waals surface area contributed by atoms with Gasteiger partial charge in [0.05, 0.1) is 11.9 Å². The number of carbonyl (C=O) groups is 2. The largest absolute Gasteiger partial charge is 1.00 e. The van der Waals surface area contributed by atoms with E-state index in [4.69, 9.17) is 5.73 Å². The molecule has 0 fully saturated rings. The summed E-state index contributed by atoms with van der Waals surface area (Å²) in [5, 5.41) is 20.9. The van der Waals surface area contributed by atoms with Crippen molar-refractivity contribution in [3.63, 3.8) is 0 Å². The van der Waals surface area contributed by atoms with Crippen LogP contribution in [0.25, 0.3) is 0 Å². The molecule has 0 heterocycles. The summed E-state index contributed by atoms with van der Waals surface area (Å²) in [6.07, 6.45) is 2.39. The summed E-state index contributed by atoms with van der Waals surface area (Å²) in [5.74, 6) is -2.57. The number of rotatable bonds is 9. The van der Waals surface area contributed by atoms with E-state index in [0.29, 0.717) is 13.0 Å². The first-order valence-corrected chi connectivity index (χ1v) is 5.31. The van der Waals surface area contributed by atoms with Gasteiger partial charge in [-0.3, -0.25) is 4.90 Å². The van der Waals surface area contributed by atoms with E-state index in [1.807, 2.05) is 0 Å². The van der Waals surface area contributed by atoms with Gasteiger partial charge in [-0.25, -0.2) is 0 Å². The third kappa shape index (κ3) is 13.3. The van der Waals surface area contributed by atoms with Crippen molar-refractivity contribution in [2.75, 3.05) is 19.6 Å². The first kappa shape index (κ1) is 23.9. The maximum Gasteiger partial charge on any atom is 1.00 e. The smallest absolute Gasteiger partial charge is 0.549 e. The molecule has 0 amide bonds. The molecule has 1 atom stereocenters. The maximum absolute atomic E-state index is 10.4. The number of carboxylic acids is 2. The Balaban J connectivity index is -0.00000112. The standard InChI is InChI=1S/C10H20N2O4.2Na/c1-8(4-2-3-5-11)12(6-9(13)14)7-10(15)16;;/h8H,2-7,11H2,1H3,(H,13,14)(H,15,16);;/q;2*+1/p-2. The molecule has 0 saturated heterocycles. The Kier molecular flexibility index (Phi) is 19.0. The molecule has 0 saturated carbocycles. The molecule has 8 heteroatoms. The summed E-state index contributed by atoms with van der Waals surface area (Å²) in [5.41, 5.74) is 5.33. The van der Waals surface area contributed by atoms with Crippen LogP contribution >= 0.6 is 0 Å². The molecule has 18 heavy (non-hydrogen) atoms. The molecule has 0 aromatic rings.